The van der Waals surface area contributed by atoms with Crippen molar-refractivity contribution in [2.24, 2.45) is 5.41 Å². The number of pyridine rings is 1. The van der Waals surface area contributed by atoms with Crippen LogP contribution in [0.15, 0.2) is 82.4 Å². The van der Waals surface area contributed by atoms with Gasteiger partial charge in [-0.2, -0.15) is 0 Å². The molecule has 0 aliphatic carbocycles. The second kappa shape index (κ2) is 9.06. The van der Waals surface area contributed by atoms with Crippen LogP contribution in [0.5, 0.6) is 0 Å². The van der Waals surface area contributed by atoms with Crippen LogP contribution in [0.25, 0.3) is 22.9 Å². The molecule has 1 amide bonds. The fraction of sp³-hybridized carbons (Fsp3) is 0.167. The topological polar surface area (TPSA) is 127 Å². The van der Waals surface area contributed by atoms with Gasteiger partial charge in [0.05, 0.1) is 10.5 Å². The lowest BCUT2D eigenvalue weighted by molar-refractivity contribution is -0.123. The van der Waals surface area contributed by atoms with Crippen molar-refractivity contribution in [3.63, 3.8) is 0 Å². The van der Waals surface area contributed by atoms with Crippen LogP contribution < -0.4 is 10.0 Å². The highest BCUT2D eigenvalue weighted by molar-refractivity contribution is 7.92. The number of anilines is 2. The molecule has 0 spiro atoms. The summed E-state index contributed by atoms with van der Waals surface area (Å²) in [6, 6.07) is 16.2. The summed E-state index contributed by atoms with van der Waals surface area (Å²) < 4.78 is 34.1. The van der Waals surface area contributed by atoms with Gasteiger partial charge in [-0.05, 0) is 54.6 Å². The summed E-state index contributed by atoms with van der Waals surface area (Å²) in [5, 5.41) is 10.8. The van der Waals surface area contributed by atoms with E-state index in [1.165, 1.54) is 12.1 Å². The van der Waals surface area contributed by atoms with Crippen LogP contribution in [0.1, 0.15) is 20.8 Å². The van der Waals surface area contributed by atoms with Gasteiger partial charge in [-0.1, -0.05) is 26.8 Å². The van der Waals surface area contributed by atoms with Crippen molar-refractivity contribution in [3.05, 3.63) is 73.1 Å². The summed E-state index contributed by atoms with van der Waals surface area (Å²) in [5.41, 5.74) is 1.52. The first-order chi connectivity index (χ1) is 16.1. The number of nitrogens with one attached hydrogen (secondary N) is 2. The van der Waals surface area contributed by atoms with Gasteiger partial charge < -0.3 is 9.73 Å². The van der Waals surface area contributed by atoms with E-state index in [-0.39, 0.29) is 22.6 Å². The number of carbonyl (C=O) groups excluding carboxylic acids is 1. The molecule has 0 radical (unpaired) electrons. The molecule has 2 aromatic heterocycles. The van der Waals surface area contributed by atoms with Crippen LogP contribution in [0.3, 0.4) is 0 Å². The zero-order chi connectivity index (χ0) is 24.3. The zero-order valence-corrected chi connectivity index (χ0v) is 19.6. The molecule has 2 heterocycles. The average Bonchev–Trinajstić information content (AvgIpc) is 3.31. The van der Waals surface area contributed by atoms with Crippen LogP contribution in [0, 0.1) is 5.41 Å². The van der Waals surface area contributed by atoms with Gasteiger partial charge >= 0.3 is 0 Å². The van der Waals surface area contributed by atoms with E-state index in [1.54, 1.807) is 60.9 Å². The fourth-order valence-electron chi connectivity index (χ4n) is 2.90. The molecule has 2 aromatic carbocycles. The molecule has 34 heavy (non-hydrogen) atoms. The molecule has 0 bridgehead atoms. The van der Waals surface area contributed by atoms with Gasteiger partial charge in [-0.3, -0.25) is 14.5 Å². The molecule has 0 saturated heterocycles. The Morgan fingerprint density at radius 1 is 0.882 bits per heavy atom. The average molecular weight is 478 g/mol. The standard InChI is InChI=1S/C24H23N5O4S/c1-24(2,3)23(30)26-18-9-11-19(12-10-18)29-34(31,32)20-8-4-6-16(14-20)21-27-28-22(33-21)17-7-5-13-25-15-17/h4-15,29H,1-3H3,(H,26,30). The predicted octanol–water partition coefficient (Wildman–Crippen LogP) is 4.58. The van der Waals surface area contributed by atoms with Crippen LogP contribution in [-0.4, -0.2) is 29.5 Å². The Labute approximate surface area is 197 Å². The van der Waals surface area contributed by atoms with Crippen molar-refractivity contribution < 1.29 is 17.6 Å². The number of nitrogens with zero attached hydrogens (tertiary/aromatic N) is 3. The van der Waals surface area contributed by atoms with Crippen LogP contribution in [0.2, 0.25) is 0 Å². The molecule has 174 valence electrons. The lowest BCUT2D eigenvalue weighted by Gasteiger charge is -2.17. The molecule has 0 aliphatic rings. The third-order valence-corrected chi connectivity index (χ3v) is 6.18. The van der Waals surface area contributed by atoms with Crippen molar-refractivity contribution in [1.29, 1.82) is 0 Å². The Bertz CT molecular complexity index is 1410. The number of carbonyl (C=O) groups is 1. The lowest BCUT2D eigenvalue weighted by Crippen LogP contribution is -2.27. The molecule has 0 atom stereocenters. The van der Waals surface area contributed by atoms with Gasteiger partial charge in [-0.15, -0.1) is 10.2 Å². The quantitative estimate of drug-likeness (QED) is 0.416. The van der Waals surface area contributed by atoms with Crippen molar-refractivity contribution in [1.82, 2.24) is 15.2 Å². The highest BCUT2D eigenvalue weighted by Gasteiger charge is 2.21. The highest BCUT2D eigenvalue weighted by atomic mass is 32.2. The minimum absolute atomic E-state index is 0.0382. The summed E-state index contributed by atoms with van der Waals surface area (Å²) in [4.78, 5) is 16.2. The predicted molar refractivity (Wildman–Crippen MR) is 128 cm³/mol. The summed E-state index contributed by atoms with van der Waals surface area (Å²) in [6.07, 6.45) is 3.24. The zero-order valence-electron chi connectivity index (χ0n) is 18.8. The Hall–Kier alpha value is -4.05. The van der Waals surface area contributed by atoms with E-state index in [9.17, 15) is 13.2 Å². The first-order valence-electron chi connectivity index (χ1n) is 10.4. The molecule has 0 aliphatic heterocycles. The number of hydrogen-bond donors (Lipinski definition) is 2. The third kappa shape index (κ3) is 5.29. The number of rotatable bonds is 6. The first-order valence-corrected chi connectivity index (χ1v) is 11.9. The molecule has 9 nitrogen and oxygen atoms in total. The Kier molecular flexibility index (Phi) is 6.16. The molecule has 2 N–H and O–H groups in total. The van der Waals surface area contributed by atoms with E-state index in [0.717, 1.165) is 0 Å². The second-order valence-electron chi connectivity index (χ2n) is 8.57. The minimum atomic E-state index is -3.89. The van der Waals surface area contributed by atoms with E-state index in [2.05, 4.69) is 25.2 Å². The summed E-state index contributed by atoms with van der Waals surface area (Å²) in [7, 11) is -3.89. The van der Waals surface area contributed by atoms with Crippen LogP contribution in [0.4, 0.5) is 11.4 Å². The fourth-order valence-corrected chi connectivity index (χ4v) is 4.00. The molecule has 10 heteroatoms. The Morgan fingerprint density at radius 2 is 1.53 bits per heavy atom. The summed E-state index contributed by atoms with van der Waals surface area (Å²) >= 11 is 0. The number of amides is 1. The lowest BCUT2D eigenvalue weighted by atomic mass is 9.95. The maximum Gasteiger partial charge on any atom is 0.261 e. The summed E-state index contributed by atoms with van der Waals surface area (Å²) in [5.74, 6) is 0.341. The molecular formula is C24H23N5O4S. The summed E-state index contributed by atoms with van der Waals surface area (Å²) in [6.45, 7) is 5.44. The van der Waals surface area contributed by atoms with Gasteiger partial charge in [0.25, 0.3) is 10.0 Å². The number of hydrogen-bond acceptors (Lipinski definition) is 7. The van der Waals surface area contributed by atoms with Crippen molar-refractivity contribution in [2.45, 2.75) is 25.7 Å². The number of benzene rings is 2. The van der Waals surface area contributed by atoms with E-state index < -0.39 is 15.4 Å². The first kappa shape index (κ1) is 23.1. The third-order valence-electron chi connectivity index (χ3n) is 4.80. The van der Waals surface area contributed by atoms with E-state index in [4.69, 9.17) is 4.42 Å². The smallest absolute Gasteiger partial charge is 0.261 e. The van der Waals surface area contributed by atoms with Crippen LogP contribution in [-0.2, 0) is 14.8 Å². The van der Waals surface area contributed by atoms with Crippen molar-refractivity contribution in [2.75, 3.05) is 10.0 Å². The number of sulfonamides is 1. The van der Waals surface area contributed by atoms with Crippen molar-refractivity contribution in [3.8, 4) is 22.9 Å². The van der Waals surface area contributed by atoms with E-state index >= 15 is 0 Å². The molecule has 4 aromatic rings. The Balaban J connectivity index is 1.51. The maximum atomic E-state index is 13.0. The normalized spacial score (nSPS) is 11.7. The van der Waals surface area contributed by atoms with Gasteiger partial charge in [0.15, 0.2) is 0 Å². The van der Waals surface area contributed by atoms with Gasteiger partial charge in [0, 0.05) is 34.7 Å². The van der Waals surface area contributed by atoms with Gasteiger partial charge in [0.2, 0.25) is 17.7 Å². The highest BCUT2D eigenvalue weighted by Crippen LogP contribution is 2.26. The maximum absolute atomic E-state index is 13.0. The SMILES string of the molecule is CC(C)(C)C(=O)Nc1ccc(NS(=O)(=O)c2cccc(-c3nnc(-c4cccnc4)o3)c2)cc1. The molecule has 4 rings (SSSR count). The van der Waals surface area contributed by atoms with Crippen LogP contribution >= 0.6 is 0 Å². The monoisotopic (exact) mass is 477 g/mol. The largest absolute Gasteiger partial charge is 0.416 e. The molecule has 0 fully saturated rings. The molecular weight excluding hydrogens is 454 g/mol. The van der Waals surface area contributed by atoms with Gasteiger partial charge in [-0.25, -0.2) is 8.42 Å². The Morgan fingerprint density at radius 3 is 2.18 bits per heavy atom. The second-order valence-corrected chi connectivity index (χ2v) is 10.3. The van der Waals surface area contributed by atoms with E-state index in [1.807, 2.05) is 20.8 Å². The van der Waals surface area contributed by atoms with Gasteiger partial charge in [0.1, 0.15) is 0 Å². The van der Waals surface area contributed by atoms with Crippen molar-refractivity contribution >= 4 is 27.3 Å². The van der Waals surface area contributed by atoms with E-state index in [0.29, 0.717) is 22.5 Å². The molecule has 0 unspecified atom stereocenters. The molecule has 0 saturated carbocycles. The number of aromatic nitrogens is 3. The minimum Gasteiger partial charge on any atom is -0.416 e.